The number of carbonyl (C=O) groups excluding carboxylic acids is 1. The van der Waals surface area contributed by atoms with Crippen LogP contribution in [0.4, 0.5) is 0 Å². The highest BCUT2D eigenvalue weighted by Crippen LogP contribution is 2.12. The van der Waals surface area contributed by atoms with Gasteiger partial charge in [0.2, 0.25) is 5.91 Å². The maximum absolute atomic E-state index is 12.5. The van der Waals surface area contributed by atoms with E-state index in [1.165, 1.54) is 4.68 Å². The van der Waals surface area contributed by atoms with E-state index in [1.807, 2.05) is 61.2 Å². The van der Waals surface area contributed by atoms with E-state index in [2.05, 4.69) is 15.5 Å². The number of hydrogen-bond acceptors (Lipinski definition) is 5. The van der Waals surface area contributed by atoms with Crippen LogP contribution >= 0.6 is 0 Å². The molecule has 2 aromatic rings. The molecule has 1 aromatic heterocycles. The average Bonchev–Trinajstić information content (AvgIpc) is 3.00. The monoisotopic (exact) mass is 327 g/mol. The van der Waals surface area contributed by atoms with E-state index in [0.717, 1.165) is 5.56 Å². The largest absolute Gasteiger partial charge is 0.372 e. The Bertz CT molecular complexity index is 703. The lowest BCUT2D eigenvalue weighted by molar-refractivity contribution is -0.144. The van der Waals surface area contributed by atoms with Crippen molar-refractivity contribution in [3.63, 3.8) is 0 Å². The molecule has 0 bridgehead atoms. The van der Waals surface area contributed by atoms with Gasteiger partial charge in [0.1, 0.15) is 6.54 Å². The minimum absolute atomic E-state index is 0.00124. The molecule has 0 radical (unpaired) electrons. The van der Waals surface area contributed by atoms with Gasteiger partial charge in [-0.2, -0.15) is 0 Å². The van der Waals surface area contributed by atoms with Crippen molar-refractivity contribution in [2.75, 3.05) is 13.1 Å². The van der Waals surface area contributed by atoms with Crippen molar-refractivity contribution in [3.8, 4) is 0 Å². The molecular weight excluding hydrogens is 306 g/mol. The Morgan fingerprint density at radius 2 is 1.92 bits per heavy atom. The topological polar surface area (TPSA) is 73.1 Å². The van der Waals surface area contributed by atoms with Crippen LogP contribution in [-0.2, 0) is 16.1 Å². The van der Waals surface area contributed by atoms with Crippen LogP contribution < -0.4 is 0 Å². The number of benzene rings is 1. The molecule has 0 aliphatic carbocycles. The smallest absolute Gasteiger partial charge is 0.244 e. The van der Waals surface area contributed by atoms with Gasteiger partial charge in [0.25, 0.3) is 0 Å². The van der Waals surface area contributed by atoms with Crippen LogP contribution in [-0.4, -0.2) is 56.3 Å². The Morgan fingerprint density at radius 1 is 1.21 bits per heavy atom. The molecule has 7 heteroatoms. The normalized spacial score (nSPS) is 21.3. The average molecular weight is 327 g/mol. The second-order valence-electron chi connectivity index (χ2n) is 5.99. The summed E-state index contributed by atoms with van der Waals surface area (Å²) >= 11 is 0. The summed E-state index contributed by atoms with van der Waals surface area (Å²) in [6.45, 7) is 5.27. The molecular formula is C17H21N5O2. The summed E-state index contributed by atoms with van der Waals surface area (Å²) in [6.07, 6.45) is 3.83. The minimum Gasteiger partial charge on any atom is -0.372 e. The van der Waals surface area contributed by atoms with Gasteiger partial charge >= 0.3 is 0 Å². The SMILES string of the molecule is CC1CN(C(=O)Cn2nnnc2/C=C/c2ccccc2)CC(C)O1. The van der Waals surface area contributed by atoms with Gasteiger partial charge in [0.05, 0.1) is 12.2 Å². The van der Waals surface area contributed by atoms with Crippen LogP contribution in [0, 0.1) is 0 Å². The van der Waals surface area contributed by atoms with E-state index in [0.29, 0.717) is 18.9 Å². The molecule has 24 heavy (non-hydrogen) atoms. The lowest BCUT2D eigenvalue weighted by Crippen LogP contribution is -2.49. The molecule has 1 aliphatic rings. The summed E-state index contributed by atoms with van der Waals surface area (Å²) in [4.78, 5) is 14.3. The second kappa shape index (κ2) is 7.35. The van der Waals surface area contributed by atoms with Crippen molar-refractivity contribution in [2.45, 2.75) is 32.6 Å². The van der Waals surface area contributed by atoms with Crippen molar-refractivity contribution in [2.24, 2.45) is 0 Å². The lowest BCUT2D eigenvalue weighted by atomic mass is 10.2. The van der Waals surface area contributed by atoms with Gasteiger partial charge in [-0.05, 0) is 35.9 Å². The lowest BCUT2D eigenvalue weighted by Gasteiger charge is -2.35. The number of carbonyl (C=O) groups is 1. The van der Waals surface area contributed by atoms with E-state index in [4.69, 9.17) is 4.74 Å². The standard InChI is InChI=1S/C17H21N5O2/c1-13-10-21(11-14(2)24-13)17(23)12-22-16(18-19-20-22)9-8-15-6-4-3-5-7-15/h3-9,13-14H,10-12H2,1-2H3/b9-8+. The van der Waals surface area contributed by atoms with Crippen molar-refractivity contribution in [1.82, 2.24) is 25.1 Å². The third-order valence-corrected chi connectivity index (χ3v) is 3.84. The van der Waals surface area contributed by atoms with E-state index in [1.54, 1.807) is 0 Å². The fraction of sp³-hybridized carbons (Fsp3) is 0.412. The first-order valence-corrected chi connectivity index (χ1v) is 8.04. The Hall–Kier alpha value is -2.54. The van der Waals surface area contributed by atoms with Crippen LogP contribution in [0.15, 0.2) is 30.3 Å². The Balaban J connectivity index is 1.67. The fourth-order valence-corrected chi connectivity index (χ4v) is 2.79. The van der Waals surface area contributed by atoms with Crippen LogP contribution in [0.5, 0.6) is 0 Å². The third kappa shape index (κ3) is 4.05. The Morgan fingerprint density at radius 3 is 2.62 bits per heavy atom. The molecule has 1 amide bonds. The molecule has 0 saturated carbocycles. The molecule has 2 unspecified atom stereocenters. The highest BCUT2D eigenvalue weighted by molar-refractivity contribution is 5.76. The Kier molecular flexibility index (Phi) is 5.00. The maximum atomic E-state index is 12.5. The maximum Gasteiger partial charge on any atom is 0.244 e. The second-order valence-corrected chi connectivity index (χ2v) is 5.99. The molecule has 0 N–H and O–H groups in total. The van der Waals surface area contributed by atoms with Gasteiger partial charge < -0.3 is 9.64 Å². The summed E-state index contributed by atoms with van der Waals surface area (Å²) in [5.41, 5.74) is 1.05. The van der Waals surface area contributed by atoms with Crippen molar-refractivity contribution in [3.05, 3.63) is 41.7 Å². The van der Waals surface area contributed by atoms with E-state index < -0.39 is 0 Å². The molecule has 126 valence electrons. The fourth-order valence-electron chi connectivity index (χ4n) is 2.79. The highest BCUT2D eigenvalue weighted by Gasteiger charge is 2.26. The summed E-state index contributed by atoms with van der Waals surface area (Å²) < 4.78 is 7.18. The predicted molar refractivity (Wildman–Crippen MR) is 89.8 cm³/mol. The van der Waals surface area contributed by atoms with Crippen molar-refractivity contribution >= 4 is 18.1 Å². The van der Waals surface area contributed by atoms with Crippen LogP contribution in [0.2, 0.25) is 0 Å². The minimum atomic E-state index is -0.00124. The van der Waals surface area contributed by atoms with Crippen LogP contribution in [0.25, 0.3) is 12.2 Å². The van der Waals surface area contributed by atoms with Gasteiger partial charge in [-0.25, -0.2) is 4.68 Å². The van der Waals surface area contributed by atoms with Gasteiger partial charge in [-0.3, -0.25) is 4.79 Å². The number of amides is 1. The van der Waals surface area contributed by atoms with Gasteiger partial charge in [0, 0.05) is 13.1 Å². The van der Waals surface area contributed by atoms with Gasteiger partial charge in [0.15, 0.2) is 5.82 Å². The number of rotatable bonds is 4. The molecule has 2 atom stereocenters. The highest BCUT2D eigenvalue weighted by atomic mass is 16.5. The summed E-state index contributed by atoms with van der Waals surface area (Å²) in [5, 5.41) is 11.6. The molecule has 1 saturated heterocycles. The van der Waals surface area contributed by atoms with E-state index in [-0.39, 0.29) is 24.7 Å². The first-order chi connectivity index (χ1) is 11.6. The van der Waals surface area contributed by atoms with E-state index >= 15 is 0 Å². The predicted octanol–water partition coefficient (Wildman–Crippen LogP) is 1.48. The number of tetrazole rings is 1. The quantitative estimate of drug-likeness (QED) is 0.850. The number of hydrogen-bond donors (Lipinski definition) is 0. The molecule has 1 aliphatic heterocycles. The number of aromatic nitrogens is 4. The van der Waals surface area contributed by atoms with E-state index in [9.17, 15) is 4.79 Å². The number of nitrogens with zero attached hydrogens (tertiary/aromatic N) is 5. The first kappa shape index (κ1) is 16.3. The molecule has 1 fully saturated rings. The molecule has 0 spiro atoms. The van der Waals surface area contributed by atoms with Crippen molar-refractivity contribution < 1.29 is 9.53 Å². The third-order valence-electron chi connectivity index (χ3n) is 3.84. The zero-order valence-corrected chi connectivity index (χ0v) is 13.9. The van der Waals surface area contributed by atoms with Crippen LogP contribution in [0.1, 0.15) is 25.2 Å². The Labute approximate surface area is 140 Å². The molecule has 2 heterocycles. The summed E-state index contributed by atoms with van der Waals surface area (Å²) in [5.74, 6) is 0.556. The number of morpholine rings is 1. The molecule has 3 rings (SSSR count). The van der Waals surface area contributed by atoms with Crippen molar-refractivity contribution in [1.29, 1.82) is 0 Å². The summed E-state index contributed by atoms with van der Waals surface area (Å²) in [7, 11) is 0. The summed E-state index contributed by atoms with van der Waals surface area (Å²) in [6, 6.07) is 9.88. The van der Waals surface area contributed by atoms with Gasteiger partial charge in [-0.1, -0.05) is 36.4 Å². The molecule has 1 aromatic carbocycles. The number of ether oxygens (including phenoxy) is 1. The first-order valence-electron chi connectivity index (χ1n) is 8.04. The zero-order valence-electron chi connectivity index (χ0n) is 13.9. The van der Waals surface area contributed by atoms with Crippen LogP contribution in [0.3, 0.4) is 0 Å². The zero-order chi connectivity index (χ0) is 16.9. The molecule has 7 nitrogen and oxygen atoms in total. The van der Waals surface area contributed by atoms with Gasteiger partial charge in [-0.15, -0.1) is 5.10 Å².